The van der Waals surface area contributed by atoms with Crippen LogP contribution in [0.4, 0.5) is 0 Å². The highest BCUT2D eigenvalue weighted by Crippen LogP contribution is 1.96. The minimum absolute atomic E-state index is 1.17. The molecule has 0 heterocycles. The number of unbranched alkanes of at least 4 members (excludes halogenated alkanes) is 1. The van der Waals surface area contributed by atoms with Crippen LogP contribution in [-0.2, 0) is 0 Å². The smallest absolute Gasteiger partial charge is 0.0130 e. The largest absolute Gasteiger partial charge is 0.245 e. The molecule has 0 aliphatic heterocycles. The van der Waals surface area contributed by atoms with Crippen molar-refractivity contribution in [1.29, 1.82) is 0 Å². The molecule has 0 spiro atoms. The van der Waals surface area contributed by atoms with Gasteiger partial charge in [-0.2, -0.15) is 0 Å². The maximum Gasteiger partial charge on any atom is 0.0130 e. The molecule has 2 nitrogen and oxygen atoms in total. The topological polar surface area (TPSA) is 6.48 Å². The second-order valence-corrected chi connectivity index (χ2v) is 3.12. The van der Waals surface area contributed by atoms with Gasteiger partial charge in [0.05, 0.1) is 0 Å². The second-order valence-electron chi connectivity index (χ2n) is 3.12. The van der Waals surface area contributed by atoms with Gasteiger partial charge in [0.25, 0.3) is 0 Å². The van der Waals surface area contributed by atoms with Gasteiger partial charge in [-0.05, 0) is 12.8 Å². The Morgan fingerprint density at radius 1 is 0.818 bits per heavy atom. The summed E-state index contributed by atoms with van der Waals surface area (Å²) >= 11 is 0. The lowest BCUT2D eigenvalue weighted by atomic mass is 10.3. The van der Waals surface area contributed by atoms with E-state index in [2.05, 4.69) is 38.0 Å². The summed E-state index contributed by atoms with van der Waals surface area (Å²) in [5.74, 6) is 0. The molecule has 0 rings (SSSR count). The van der Waals surface area contributed by atoms with Crippen LogP contribution in [0.2, 0.25) is 0 Å². The van der Waals surface area contributed by atoms with Crippen LogP contribution in [0.15, 0.2) is 0 Å². The second kappa shape index (κ2) is 6.62. The number of nitrogens with zero attached hydrogens (tertiary/aromatic N) is 2. The van der Waals surface area contributed by atoms with Crippen LogP contribution in [0.1, 0.15) is 33.1 Å². The zero-order valence-corrected chi connectivity index (χ0v) is 8.43. The van der Waals surface area contributed by atoms with Gasteiger partial charge < -0.3 is 0 Å². The minimum atomic E-state index is 1.17. The third-order valence-electron chi connectivity index (χ3n) is 1.97. The molecule has 0 radical (unpaired) electrons. The van der Waals surface area contributed by atoms with Crippen molar-refractivity contribution in [2.75, 3.05) is 27.2 Å². The molecular formula is C9H22N2. The Hall–Kier alpha value is -0.0800. The van der Waals surface area contributed by atoms with E-state index in [1.165, 1.54) is 32.4 Å². The fourth-order valence-corrected chi connectivity index (χ4v) is 1.05. The molecule has 0 atom stereocenters. The Balaban J connectivity index is 3.38. The molecule has 0 saturated heterocycles. The number of hydrogen-bond donors (Lipinski definition) is 0. The summed E-state index contributed by atoms with van der Waals surface area (Å²) < 4.78 is 0. The summed E-state index contributed by atoms with van der Waals surface area (Å²) in [7, 11) is 4.31. The fourth-order valence-electron chi connectivity index (χ4n) is 1.05. The first kappa shape index (κ1) is 10.9. The molecule has 0 saturated carbocycles. The maximum atomic E-state index is 2.30. The molecule has 0 amide bonds. The van der Waals surface area contributed by atoms with Gasteiger partial charge in [0, 0.05) is 27.2 Å². The number of hydrazine groups is 1. The zero-order chi connectivity index (χ0) is 8.69. The fraction of sp³-hybridized carbons (Fsp3) is 1.00. The Labute approximate surface area is 71.1 Å². The highest BCUT2D eigenvalue weighted by Gasteiger charge is 2.01. The van der Waals surface area contributed by atoms with Gasteiger partial charge in [-0.15, -0.1) is 0 Å². The maximum absolute atomic E-state index is 2.30. The van der Waals surface area contributed by atoms with Gasteiger partial charge in [0.2, 0.25) is 0 Å². The van der Waals surface area contributed by atoms with Crippen LogP contribution < -0.4 is 0 Å². The summed E-state index contributed by atoms with van der Waals surface area (Å²) in [5, 5.41) is 4.59. The molecule has 0 aromatic heterocycles. The van der Waals surface area contributed by atoms with E-state index in [1.54, 1.807) is 0 Å². The Morgan fingerprint density at radius 3 is 1.82 bits per heavy atom. The minimum Gasteiger partial charge on any atom is -0.245 e. The van der Waals surface area contributed by atoms with Crippen molar-refractivity contribution >= 4 is 0 Å². The van der Waals surface area contributed by atoms with E-state index < -0.39 is 0 Å². The van der Waals surface area contributed by atoms with E-state index in [0.717, 1.165) is 0 Å². The molecule has 11 heavy (non-hydrogen) atoms. The lowest BCUT2D eigenvalue weighted by Crippen LogP contribution is -2.37. The van der Waals surface area contributed by atoms with Crippen molar-refractivity contribution in [3.05, 3.63) is 0 Å². The summed E-state index contributed by atoms with van der Waals surface area (Å²) in [6.45, 7) is 6.80. The van der Waals surface area contributed by atoms with Crippen LogP contribution in [-0.4, -0.2) is 37.2 Å². The standard InChI is InChI=1S/C9H22N2/c1-5-7-9-11(4)10(3)8-6-2/h5-9H2,1-4H3. The van der Waals surface area contributed by atoms with Crippen LogP contribution in [0.3, 0.4) is 0 Å². The van der Waals surface area contributed by atoms with Crippen molar-refractivity contribution in [1.82, 2.24) is 10.0 Å². The SMILES string of the molecule is CCCCN(C)N(C)CCC. The average Bonchev–Trinajstić information content (AvgIpc) is 2.00. The highest BCUT2D eigenvalue weighted by molar-refractivity contribution is 4.47. The molecule has 0 fully saturated rings. The van der Waals surface area contributed by atoms with Crippen molar-refractivity contribution < 1.29 is 0 Å². The van der Waals surface area contributed by atoms with Crippen LogP contribution in [0.5, 0.6) is 0 Å². The lowest BCUT2D eigenvalue weighted by molar-refractivity contribution is 0.0263. The molecule has 0 aliphatic rings. The highest BCUT2D eigenvalue weighted by atomic mass is 15.6. The van der Waals surface area contributed by atoms with Gasteiger partial charge in [0.15, 0.2) is 0 Å². The molecule has 0 aromatic carbocycles. The van der Waals surface area contributed by atoms with Gasteiger partial charge in [0.1, 0.15) is 0 Å². The molecule has 2 heteroatoms. The molecule has 68 valence electrons. The summed E-state index contributed by atoms with van der Waals surface area (Å²) in [6.07, 6.45) is 3.81. The third-order valence-corrected chi connectivity index (χ3v) is 1.97. The van der Waals surface area contributed by atoms with E-state index in [1.807, 2.05) is 0 Å². The molecule has 0 aliphatic carbocycles. The quantitative estimate of drug-likeness (QED) is 0.545. The number of hydrogen-bond acceptors (Lipinski definition) is 2. The number of rotatable bonds is 6. The first-order chi connectivity index (χ1) is 5.22. The van der Waals surface area contributed by atoms with Crippen LogP contribution in [0, 0.1) is 0 Å². The molecular weight excluding hydrogens is 136 g/mol. The van der Waals surface area contributed by atoms with E-state index >= 15 is 0 Å². The monoisotopic (exact) mass is 158 g/mol. The van der Waals surface area contributed by atoms with Gasteiger partial charge >= 0.3 is 0 Å². The zero-order valence-electron chi connectivity index (χ0n) is 8.43. The van der Waals surface area contributed by atoms with Gasteiger partial charge in [-0.3, -0.25) is 0 Å². The van der Waals surface area contributed by atoms with Gasteiger partial charge in [-0.1, -0.05) is 20.3 Å². The Bertz CT molecular complexity index is 83.6. The molecule has 0 unspecified atom stereocenters. The summed E-state index contributed by atoms with van der Waals surface area (Å²) in [6, 6.07) is 0. The van der Waals surface area contributed by atoms with Gasteiger partial charge in [-0.25, -0.2) is 10.0 Å². The van der Waals surface area contributed by atoms with Crippen molar-refractivity contribution in [3.63, 3.8) is 0 Å². The Morgan fingerprint density at radius 2 is 1.36 bits per heavy atom. The van der Waals surface area contributed by atoms with E-state index in [-0.39, 0.29) is 0 Å². The van der Waals surface area contributed by atoms with E-state index in [4.69, 9.17) is 0 Å². The normalized spacial score (nSPS) is 11.5. The first-order valence-corrected chi connectivity index (χ1v) is 4.64. The summed E-state index contributed by atoms with van der Waals surface area (Å²) in [4.78, 5) is 0. The molecule has 0 aromatic rings. The third kappa shape index (κ3) is 5.22. The molecule has 0 bridgehead atoms. The first-order valence-electron chi connectivity index (χ1n) is 4.64. The lowest BCUT2D eigenvalue weighted by Gasteiger charge is -2.27. The summed E-state index contributed by atoms with van der Waals surface area (Å²) in [5.41, 5.74) is 0. The van der Waals surface area contributed by atoms with Crippen molar-refractivity contribution in [2.24, 2.45) is 0 Å². The predicted molar refractivity (Wildman–Crippen MR) is 50.5 cm³/mol. The van der Waals surface area contributed by atoms with E-state index in [9.17, 15) is 0 Å². The average molecular weight is 158 g/mol. The van der Waals surface area contributed by atoms with E-state index in [0.29, 0.717) is 0 Å². The van der Waals surface area contributed by atoms with Crippen molar-refractivity contribution in [2.45, 2.75) is 33.1 Å². The van der Waals surface area contributed by atoms with Crippen LogP contribution in [0.25, 0.3) is 0 Å². The van der Waals surface area contributed by atoms with Crippen molar-refractivity contribution in [3.8, 4) is 0 Å². The predicted octanol–water partition coefficient (Wildman–Crippen LogP) is 1.98. The molecule has 0 N–H and O–H groups in total. The van der Waals surface area contributed by atoms with Crippen LogP contribution >= 0.6 is 0 Å². The Kier molecular flexibility index (Phi) is 6.57.